The monoisotopic (exact) mass is 1410 g/mol. The molecule has 14 aromatic carbocycles. The Hall–Kier alpha value is -15.1. The second-order valence-electron chi connectivity index (χ2n) is 26.7. The third-order valence-electron chi connectivity index (χ3n) is 19.5. The van der Waals surface area contributed by atoms with Crippen LogP contribution >= 0.6 is 0 Å². The van der Waals surface area contributed by atoms with Gasteiger partial charge in [-0.2, -0.15) is 0 Å². The van der Waals surface area contributed by atoms with Crippen molar-refractivity contribution in [2.75, 3.05) is 0 Å². The molecule has 516 valence electrons. The molecule has 0 unspecified atom stereocenters. The Morgan fingerprint density at radius 2 is 0.355 bits per heavy atom. The van der Waals surface area contributed by atoms with E-state index in [1.807, 2.05) is 231 Å². The summed E-state index contributed by atoms with van der Waals surface area (Å²) in [5, 5.41) is 4.33. The van der Waals surface area contributed by atoms with Crippen LogP contribution in [0.15, 0.2) is 385 Å². The SMILES string of the molecule is c1ccc(-c2cc(-c3ccc(-c4cccc(-c5nc(-c6ccccc6)nc(-c6ccc7c(c6)oc6ccccc67)n5)c4)cc3)nc(-c3ccccc3)n2)cc1.c1ccc(-c2nc(-c3ccc(-c4cccc(-c5nc(-c6ccccc6)nc(-c6ccccc6)n5)c4)cc3)cc(-c3ccc4c(c3)oc3ccccc34)n2)cc1. The molecule has 0 bridgehead atoms. The number of hydrogen-bond donors (Lipinski definition) is 0. The van der Waals surface area contributed by atoms with Crippen LogP contribution in [0.25, 0.3) is 202 Å². The fourth-order valence-corrected chi connectivity index (χ4v) is 13.9. The first-order valence-corrected chi connectivity index (χ1v) is 36.3. The number of nitrogens with zero attached hydrogens (tertiary/aromatic N) is 10. The Labute approximate surface area is 633 Å². The predicted octanol–water partition coefficient (Wildman–Crippen LogP) is 24.5. The molecule has 0 aliphatic rings. The summed E-state index contributed by atoms with van der Waals surface area (Å²) in [6.45, 7) is 0. The molecule has 20 rings (SSSR count). The molecule has 0 fully saturated rings. The zero-order chi connectivity index (χ0) is 73.1. The third-order valence-corrected chi connectivity index (χ3v) is 19.5. The van der Waals surface area contributed by atoms with Crippen molar-refractivity contribution in [3.63, 3.8) is 0 Å². The van der Waals surface area contributed by atoms with E-state index in [-0.39, 0.29) is 0 Å². The largest absolute Gasteiger partial charge is 0.456 e. The molecule has 12 nitrogen and oxygen atoms in total. The molecule has 0 saturated carbocycles. The van der Waals surface area contributed by atoms with Gasteiger partial charge in [0.2, 0.25) is 0 Å². The molecule has 0 spiro atoms. The molecule has 12 heteroatoms. The van der Waals surface area contributed by atoms with Gasteiger partial charge in [0.25, 0.3) is 0 Å². The van der Waals surface area contributed by atoms with Crippen molar-refractivity contribution >= 4 is 43.9 Å². The second-order valence-corrected chi connectivity index (χ2v) is 26.7. The average molecular weight is 1410 g/mol. The second kappa shape index (κ2) is 29.1. The van der Waals surface area contributed by atoms with Crippen molar-refractivity contribution in [2.24, 2.45) is 0 Å². The summed E-state index contributed by atoms with van der Waals surface area (Å²) < 4.78 is 12.5. The van der Waals surface area contributed by atoms with Crippen LogP contribution in [0.5, 0.6) is 0 Å². The normalized spacial score (nSPS) is 11.3. The molecule has 0 amide bonds. The number of rotatable bonds is 14. The summed E-state index contributed by atoms with van der Waals surface area (Å²) >= 11 is 0. The van der Waals surface area contributed by atoms with Gasteiger partial charge in [-0.1, -0.05) is 315 Å². The van der Waals surface area contributed by atoms with E-state index in [1.54, 1.807) is 0 Å². The molecular formula is C98H62N10O2. The molecule has 0 atom stereocenters. The van der Waals surface area contributed by atoms with Crippen LogP contribution < -0.4 is 0 Å². The van der Waals surface area contributed by atoms with Gasteiger partial charge in [0.15, 0.2) is 46.6 Å². The van der Waals surface area contributed by atoms with Crippen molar-refractivity contribution < 1.29 is 8.83 Å². The highest BCUT2D eigenvalue weighted by Gasteiger charge is 2.20. The van der Waals surface area contributed by atoms with Crippen LogP contribution in [-0.4, -0.2) is 49.8 Å². The van der Waals surface area contributed by atoms with Crippen LogP contribution in [0.1, 0.15) is 0 Å². The first kappa shape index (κ1) is 65.6. The molecular weight excluding hydrogens is 1350 g/mol. The van der Waals surface area contributed by atoms with Gasteiger partial charge in [-0.3, -0.25) is 0 Å². The van der Waals surface area contributed by atoms with Gasteiger partial charge in [0.1, 0.15) is 22.3 Å². The van der Waals surface area contributed by atoms with Gasteiger partial charge in [-0.15, -0.1) is 0 Å². The van der Waals surface area contributed by atoms with Gasteiger partial charge in [0, 0.05) is 88.3 Å². The summed E-state index contributed by atoms with van der Waals surface area (Å²) in [5.41, 5.74) is 22.4. The number of furan rings is 2. The van der Waals surface area contributed by atoms with E-state index < -0.39 is 0 Å². The van der Waals surface area contributed by atoms with Crippen molar-refractivity contribution in [3.05, 3.63) is 376 Å². The Bertz CT molecular complexity index is 6630. The van der Waals surface area contributed by atoms with Crippen LogP contribution in [0.3, 0.4) is 0 Å². The summed E-state index contributed by atoms with van der Waals surface area (Å²) in [6.07, 6.45) is 0. The molecule has 0 radical (unpaired) electrons. The number of benzene rings is 14. The van der Waals surface area contributed by atoms with Crippen molar-refractivity contribution in [2.45, 2.75) is 0 Å². The number of hydrogen-bond acceptors (Lipinski definition) is 12. The van der Waals surface area contributed by atoms with E-state index >= 15 is 0 Å². The Morgan fingerprint density at radius 3 is 0.718 bits per heavy atom. The minimum atomic E-state index is 0.579. The maximum atomic E-state index is 6.23. The standard InChI is InChI=1S/2C49H31N5O/c1-4-13-34(14-5-1)46-50-42(31-43(51-46)38-27-28-41-40-21-10-11-22-44(40)55-45(41)30-38)33-25-23-32(24-26-33)37-19-12-20-39(29-37)49-53-47(35-15-6-2-7-16-35)52-48(54-49)36-17-8-3-9-18-36;1-4-13-33(14-5-1)42-31-43(51-46(50-42)35-15-6-2-7-16-35)34-25-23-32(24-26-34)37-19-12-20-38(29-37)48-52-47(36-17-8-3-9-18-36)53-49(54-48)39-27-28-41-40-21-10-11-22-44(40)55-45(41)30-39/h2*1-31H. The highest BCUT2D eigenvalue weighted by Crippen LogP contribution is 2.39. The summed E-state index contributed by atoms with van der Waals surface area (Å²) in [6, 6.07) is 127. The van der Waals surface area contributed by atoms with E-state index in [2.05, 4.69) is 146 Å². The molecule has 0 saturated heterocycles. The van der Waals surface area contributed by atoms with Crippen molar-refractivity contribution in [1.29, 1.82) is 0 Å². The smallest absolute Gasteiger partial charge is 0.164 e. The van der Waals surface area contributed by atoms with Crippen LogP contribution in [0.2, 0.25) is 0 Å². The fourth-order valence-electron chi connectivity index (χ4n) is 13.9. The lowest BCUT2D eigenvalue weighted by molar-refractivity contribution is 0.668. The summed E-state index contributed by atoms with van der Waals surface area (Å²) in [7, 11) is 0. The van der Waals surface area contributed by atoms with Crippen LogP contribution in [-0.2, 0) is 0 Å². The fraction of sp³-hybridized carbons (Fsp3) is 0. The summed E-state index contributed by atoms with van der Waals surface area (Å²) in [4.78, 5) is 49.8. The zero-order valence-electron chi connectivity index (χ0n) is 59.1. The molecule has 0 aliphatic carbocycles. The van der Waals surface area contributed by atoms with E-state index in [0.717, 1.165) is 156 Å². The lowest BCUT2D eigenvalue weighted by Crippen LogP contribution is -2.00. The number of aromatic nitrogens is 10. The topological polar surface area (TPSA) is 155 Å². The van der Waals surface area contributed by atoms with Gasteiger partial charge >= 0.3 is 0 Å². The Morgan fingerprint density at radius 1 is 0.127 bits per heavy atom. The molecule has 6 heterocycles. The maximum Gasteiger partial charge on any atom is 0.164 e. The Balaban J connectivity index is 0.000000149. The van der Waals surface area contributed by atoms with Crippen molar-refractivity contribution in [3.8, 4) is 158 Å². The van der Waals surface area contributed by atoms with Gasteiger partial charge in [-0.25, -0.2) is 49.8 Å². The molecule has 110 heavy (non-hydrogen) atoms. The minimum absolute atomic E-state index is 0.579. The highest BCUT2D eigenvalue weighted by atomic mass is 16.3. The zero-order valence-corrected chi connectivity index (χ0v) is 59.1. The number of fused-ring (bicyclic) bond motifs is 6. The lowest BCUT2D eigenvalue weighted by atomic mass is 10.00. The van der Waals surface area contributed by atoms with E-state index in [9.17, 15) is 0 Å². The van der Waals surface area contributed by atoms with Crippen molar-refractivity contribution in [1.82, 2.24) is 49.8 Å². The number of para-hydroxylation sites is 2. The quantitative estimate of drug-likeness (QED) is 0.102. The van der Waals surface area contributed by atoms with E-state index in [1.165, 1.54) is 0 Å². The van der Waals surface area contributed by atoms with Gasteiger partial charge in [-0.05, 0) is 82.9 Å². The summed E-state index contributed by atoms with van der Waals surface area (Å²) in [5.74, 6) is 5.02. The average Bonchev–Trinajstić information content (AvgIpc) is 1.54. The van der Waals surface area contributed by atoms with Crippen LogP contribution in [0, 0.1) is 0 Å². The Kier molecular flexibility index (Phi) is 17.3. The first-order valence-electron chi connectivity index (χ1n) is 36.3. The van der Waals surface area contributed by atoms with E-state index in [4.69, 9.17) is 58.7 Å². The predicted molar refractivity (Wildman–Crippen MR) is 441 cm³/mol. The highest BCUT2D eigenvalue weighted by molar-refractivity contribution is 6.07. The maximum absolute atomic E-state index is 6.23. The van der Waals surface area contributed by atoms with Crippen LogP contribution in [0.4, 0.5) is 0 Å². The first-order chi connectivity index (χ1) is 54.4. The van der Waals surface area contributed by atoms with E-state index in [0.29, 0.717) is 46.6 Å². The molecule has 0 aliphatic heterocycles. The molecule has 0 N–H and O–H groups in total. The molecule has 6 aromatic heterocycles. The van der Waals surface area contributed by atoms with Gasteiger partial charge in [0.05, 0.1) is 22.8 Å². The third kappa shape index (κ3) is 13.5. The minimum Gasteiger partial charge on any atom is -0.456 e. The lowest BCUT2D eigenvalue weighted by Gasteiger charge is -2.11. The van der Waals surface area contributed by atoms with Gasteiger partial charge < -0.3 is 8.83 Å². The molecule has 20 aromatic rings.